The molecule has 0 saturated carbocycles. The number of anilines is 1. The highest BCUT2D eigenvalue weighted by atomic mass is 35.5. The van der Waals surface area contributed by atoms with Crippen molar-refractivity contribution in [3.05, 3.63) is 76.8 Å². The Labute approximate surface area is 237 Å². The molecule has 1 atom stereocenters. The minimum absolute atomic E-state index is 0.102. The van der Waals surface area contributed by atoms with Gasteiger partial charge in [0.1, 0.15) is 24.0 Å². The number of rotatable bonds is 10. The second-order valence-corrected chi connectivity index (χ2v) is 10.4. The van der Waals surface area contributed by atoms with Crippen molar-refractivity contribution in [3.8, 4) is 17.2 Å². The van der Waals surface area contributed by atoms with Crippen LogP contribution >= 0.6 is 11.6 Å². The van der Waals surface area contributed by atoms with E-state index in [-0.39, 0.29) is 25.7 Å². The number of β-amino-alcohol motifs (C(OH)–C–C–N with tert-alkyl or cyclic N) is 1. The predicted molar refractivity (Wildman–Crippen MR) is 155 cm³/mol. The second-order valence-electron chi connectivity index (χ2n) is 10.0. The van der Waals surface area contributed by atoms with Crippen LogP contribution in [-0.4, -0.2) is 82.9 Å². The number of benzene rings is 3. The summed E-state index contributed by atoms with van der Waals surface area (Å²) in [7, 11) is 0. The van der Waals surface area contributed by atoms with E-state index in [1.165, 1.54) is 0 Å². The van der Waals surface area contributed by atoms with E-state index in [0.29, 0.717) is 45.6 Å². The van der Waals surface area contributed by atoms with Gasteiger partial charge in [0.2, 0.25) is 11.8 Å². The molecule has 2 heterocycles. The zero-order chi connectivity index (χ0) is 28.1. The maximum atomic E-state index is 12.6. The number of hydrogen-bond donors (Lipinski definition) is 3. The maximum Gasteiger partial charge on any atom is 0.238 e. The number of oxazole rings is 1. The van der Waals surface area contributed by atoms with Crippen LogP contribution in [0, 0.1) is 6.92 Å². The van der Waals surface area contributed by atoms with E-state index >= 15 is 0 Å². The molecule has 0 radical (unpaired) electrons. The van der Waals surface area contributed by atoms with Crippen molar-refractivity contribution in [1.82, 2.24) is 14.8 Å². The first-order chi connectivity index (χ1) is 19.4. The Kier molecular flexibility index (Phi) is 8.98. The number of halogens is 1. The number of aryl methyl sites for hydroxylation is 1. The average molecular weight is 565 g/mol. The van der Waals surface area contributed by atoms with Crippen LogP contribution in [0.3, 0.4) is 0 Å². The number of para-hydroxylation sites is 1. The van der Waals surface area contributed by atoms with E-state index in [1.54, 1.807) is 24.3 Å². The van der Waals surface area contributed by atoms with Gasteiger partial charge in [-0.1, -0.05) is 29.8 Å². The Morgan fingerprint density at radius 2 is 1.85 bits per heavy atom. The number of aliphatic hydroxyl groups excluding tert-OH is 2. The van der Waals surface area contributed by atoms with Gasteiger partial charge < -0.3 is 24.7 Å². The summed E-state index contributed by atoms with van der Waals surface area (Å²) in [6.45, 7) is 5.64. The van der Waals surface area contributed by atoms with Crippen molar-refractivity contribution in [1.29, 1.82) is 0 Å². The summed E-state index contributed by atoms with van der Waals surface area (Å²) in [5, 5.41) is 23.8. The van der Waals surface area contributed by atoms with Crippen LogP contribution in [0.2, 0.25) is 5.02 Å². The first-order valence-corrected chi connectivity index (χ1v) is 13.7. The largest absolute Gasteiger partial charge is 0.491 e. The summed E-state index contributed by atoms with van der Waals surface area (Å²) in [5.74, 6) is 1.01. The molecular formula is C30H33ClN4O5. The van der Waals surface area contributed by atoms with Crippen molar-refractivity contribution < 1.29 is 24.2 Å². The number of carbonyl (C=O) groups is 1. The number of hydrogen-bond acceptors (Lipinski definition) is 8. The number of nitrogens with zero attached hydrogens (tertiary/aromatic N) is 3. The van der Waals surface area contributed by atoms with Crippen LogP contribution in [0.1, 0.15) is 11.1 Å². The molecule has 1 fully saturated rings. The Morgan fingerprint density at radius 1 is 1.10 bits per heavy atom. The first kappa shape index (κ1) is 28.1. The standard InChI is InChI=1S/C30H33ClN4O5/c1-20-3-2-4-22(18-36)29(20)33-28(38)17-35-13-11-34(12-14-35)16-24(37)19-39-25-9-10-27-26(15-25)32-30(40-27)21-5-7-23(31)8-6-21/h2-10,15,24,36-37H,11-14,16-19H2,1H3,(H,33,38). The van der Waals surface area contributed by atoms with Crippen LogP contribution in [0.4, 0.5) is 5.69 Å². The Hall–Kier alpha value is -3.47. The fraction of sp³-hybridized carbons (Fsp3) is 0.333. The predicted octanol–water partition coefficient (Wildman–Crippen LogP) is 3.94. The SMILES string of the molecule is Cc1cccc(CO)c1NC(=O)CN1CCN(CC(O)COc2ccc3oc(-c4ccc(Cl)cc4)nc3c2)CC1. The van der Waals surface area contributed by atoms with Gasteiger partial charge in [-0.05, 0) is 48.9 Å². The minimum Gasteiger partial charge on any atom is -0.491 e. The van der Waals surface area contributed by atoms with Gasteiger partial charge >= 0.3 is 0 Å². The molecule has 9 nitrogen and oxygen atoms in total. The number of fused-ring (bicyclic) bond motifs is 1. The van der Waals surface area contributed by atoms with Crippen LogP contribution in [0.5, 0.6) is 5.75 Å². The third-order valence-corrected chi connectivity index (χ3v) is 7.24. The number of nitrogens with one attached hydrogen (secondary N) is 1. The summed E-state index contributed by atoms with van der Waals surface area (Å²) < 4.78 is 11.7. The van der Waals surface area contributed by atoms with Gasteiger partial charge in [-0.2, -0.15) is 0 Å². The van der Waals surface area contributed by atoms with Crippen molar-refractivity contribution in [2.75, 3.05) is 51.2 Å². The topological polar surface area (TPSA) is 111 Å². The molecule has 10 heteroatoms. The lowest BCUT2D eigenvalue weighted by molar-refractivity contribution is -0.117. The molecule has 1 aliphatic rings. The first-order valence-electron chi connectivity index (χ1n) is 13.3. The fourth-order valence-corrected chi connectivity index (χ4v) is 4.93. The van der Waals surface area contributed by atoms with Crippen molar-refractivity contribution in [2.45, 2.75) is 19.6 Å². The number of aliphatic hydroxyl groups is 2. The van der Waals surface area contributed by atoms with Crippen molar-refractivity contribution in [3.63, 3.8) is 0 Å². The molecule has 1 amide bonds. The number of piperazine rings is 1. The zero-order valence-corrected chi connectivity index (χ0v) is 23.1. The Morgan fingerprint density at radius 3 is 2.60 bits per heavy atom. The van der Waals surface area contributed by atoms with E-state index in [1.807, 2.05) is 43.3 Å². The highest BCUT2D eigenvalue weighted by Crippen LogP contribution is 2.28. The van der Waals surface area contributed by atoms with Crippen molar-refractivity contribution >= 4 is 34.3 Å². The maximum absolute atomic E-state index is 12.6. The van der Waals surface area contributed by atoms with E-state index in [9.17, 15) is 15.0 Å². The molecule has 4 aromatic rings. The molecule has 40 heavy (non-hydrogen) atoms. The van der Waals surface area contributed by atoms with E-state index < -0.39 is 6.10 Å². The van der Waals surface area contributed by atoms with Crippen molar-refractivity contribution in [2.24, 2.45) is 0 Å². The normalized spacial score (nSPS) is 15.3. The number of ether oxygens (including phenoxy) is 1. The molecule has 3 aromatic carbocycles. The number of aromatic nitrogens is 1. The van der Waals surface area contributed by atoms with Gasteiger partial charge in [-0.3, -0.25) is 14.6 Å². The van der Waals surface area contributed by atoms with Crippen LogP contribution < -0.4 is 10.1 Å². The smallest absolute Gasteiger partial charge is 0.238 e. The minimum atomic E-state index is -0.662. The lowest BCUT2D eigenvalue weighted by Gasteiger charge is -2.35. The summed E-state index contributed by atoms with van der Waals surface area (Å²) in [6.07, 6.45) is -0.662. The summed E-state index contributed by atoms with van der Waals surface area (Å²) in [4.78, 5) is 21.4. The molecule has 5 rings (SSSR count). The fourth-order valence-electron chi connectivity index (χ4n) is 4.81. The highest BCUT2D eigenvalue weighted by Gasteiger charge is 2.22. The number of amides is 1. The highest BCUT2D eigenvalue weighted by molar-refractivity contribution is 6.30. The quantitative estimate of drug-likeness (QED) is 0.266. The van der Waals surface area contributed by atoms with Gasteiger partial charge in [0.15, 0.2) is 5.58 Å². The monoisotopic (exact) mass is 564 g/mol. The molecule has 210 valence electrons. The molecule has 0 bridgehead atoms. The lowest BCUT2D eigenvalue weighted by Crippen LogP contribution is -2.50. The second kappa shape index (κ2) is 12.8. The Balaban J connectivity index is 1.06. The third kappa shape index (κ3) is 6.99. The molecule has 0 aliphatic carbocycles. The van der Waals surface area contributed by atoms with Gasteiger partial charge in [0.25, 0.3) is 0 Å². The van der Waals surface area contributed by atoms with Crippen LogP contribution in [0.15, 0.2) is 65.1 Å². The molecular weight excluding hydrogens is 532 g/mol. The van der Waals surface area contributed by atoms with Gasteiger partial charge in [0, 0.05) is 60.6 Å². The van der Waals surface area contributed by atoms with E-state index in [0.717, 1.165) is 37.3 Å². The van der Waals surface area contributed by atoms with E-state index in [2.05, 4.69) is 20.1 Å². The summed E-state index contributed by atoms with van der Waals surface area (Å²) >= 11 is 5.97. The molecule has 1 unspecified atom stereocenters. The summed E-state index contributed by atoms with van der Waals surface area (Å²) in [5.41, 5.74) is 4.47. The average Bonchev–Trinajstić information content (AvgIpc) is 3.38. The summed E-state index contributed by atoms with van der Waals surface area (Å²) in [6, 6.07) is 18.3. The van der Waals surface area contributed by atoms with Gasteiger partial charge in [-0.15, -0.1) is 0 Å². The molecule has 1 aliphatic heterocycles. The zero-order valence-electron chi connectivity index (χ0n) is 22.3. The molecule has 3 N–H and O–H groups in total. The molecule has 0 spiro atoms. The van der Waals surface area contributed by atoms with Gasteiger partial charge in [-0.25, -0.2) is 4.98 Å². The third-order valence-electron chi connectivity index (χ3n) is 6.99. The van der Waals surface area contributed by atoms with Crippen LogP contribution in [0.25, 0.3) is 22.6 Å². The van der Waals surface area contributed by atoms with Gasteiger partial charge in [0.05, 0.1) is 13.2 Å². The van der Waals surface area contributed by atoms with Crippen LogP contribution in [-0.2, 0) is 11.4 Å². The molecule has 1 saturated heterocycles. The van der Waals surface area contributed by atoms with E-state index in [4.69, 9.17) is 20.8 Å². The number of carbonyl (C=O) groups excluding carboxylic acids is 1. The Bertz CT molecular complexity index is 1450. The molecule has 1 aromatic heterocycles. The lowest BCUT2D eigenvalue weighted by atomic mass is 10.1.